The molecule has 0 aromatic heterocycles. The minimum absolute atomic E-state index is 0.0376. The summed E-state index contributed by atoms with van der Waals surface area (Å²) in [5.74, 6) is -1.43. The van der Waals surface area contributed by atoms with Crippen molar-refractivity contribution < 1.29 is 23.0 Å². The molecule has 1 heterocycles. The van der Waals surface area contributed by atoms with Gasteiger partial charge in [0.15, 0.2) is 11.7 Å². The Balaban J connectivity index is 1.56. The van der Waals surface area contributed by atoms with E-state index in [2.05, 4.69) is 18.2 Å². The van der Waals surface area contributed by atoms with Crippen LogP contribution in [0.1, 0.15) is 49.7 Å². The highest BCUT2D eigenvalue weighted by Crippen LogP contribution is 2.34. The first-order valence-corrected chi connectivity index (χ1v) is 9.40. The van der Waals surface area contributed by atoms with Gasteiger partial charge in [0.05, 0.1) is 19.8 Å². The third-order valence-electron chi connectivity index (χ3n) is 5.09. The minimum Gasteiger partial charge on any atom is -0.498 e. The normalized spacial score (nSPS) is 23.9. The standard InChI is InChI=1S/C22H26F2O3/c1-3-4-18-10-9-17(14-26-18)16-7-5-15(6-8-16)13-27-20-12-11-19(25-2)21(23)22(20)24/h3-8,17-18H,9-14H2,1-2H3/b4-3+. The fourth-order valence-corrected chi connectivity index (χ4v) is 3.48. The molecular weight excluding hydrogens is 350 g/mol. The molecule has 146 valence electrons. The predicted octanol–water partition coefficient (Wildman–Crippen LogP) is 5.84. The monoisotopic (exact) mass is 376 g/mol. The Morgan fingerprint density at radius 2 is 1.78 bits per heavy atom. The van der Waals surface area contributed by atoms with Crippen molar-refractivity contribution >= 4 is 0 Å². The van der Waals surface area contributed by atoms with E-state index in [4.69, 9.17) is 14.2 Å². The molecule has 2 atom stereocenters. The SMILES string of the molecule is C/C=C/C1CCC(c2ccc(COC3=C(F)C(F)=C(OC)CC3)cc2)CO1. The van der Waals surface area contributed by atoms with Gasteiger partial charge in [-0.3, -0.25) is 0 Å². The Labute approximate surface area is 159 Å². The molecule has 0 radical (unpaired) electrons. The van der Waals surface area contributed by atoms with E-state index in [9.17, 15) is 8.78 Å². The maximum absolute atomic E-state index is 14.0. The van der Waals surface area contributed by atoms with Gasteiger partial charge >= 0.3 is 0 Å². The van der Waals surface area contributed by atoms with Gasteiger partial charge in [-0.1, -0.05) is 36.4 Å². The summed E-state index contributed by atoms with van der Waals surface area (Å²) >= 11 is 0. The maximum Gasteiger partial charge on any atom is 0.199 e. The summed E-state index contributed by atoms with van der Waals surface area (Å²) in [6, 6.07) is 8.08. The molecule has 1 fully saturated rings. The summed E-state index contributed by atoms with van der Waals surface area (Å²) in [5, 5.41) is 0. The Morgan fingerprint density at radius 3 is 2.41 bits per heavy atom. The fourth-order valence-electron chi connectivity index (χ4n) is 3.48. The number of methoxy groups -OCH3 is 1. The van der Waals surface area contributed by atoms with Crippen molar-refractivity contribution in [3.63, 3.8) is 0 Å². The molecule has 1 aromatic carbocycles. The number of benzene rings is 1. The first-order chi connectivity index (χ1) is 13.1. The van der Waals surface area contributed by atoms with Gasteiger partial charge in [-0.2, -0.15) is 8.78 Å². The summed E-state index contributed by atoms with van der Waals surface area (Å²) in [5.41, 5.74) is 2.16. The van der Waals surface area contributed by atoms with Crippen LogP contribution in [0.5, 0.6) is 0 Å². The van der Waals surface area contributed by atoms with Crippen molar-refractivity contribution in [1.29, 1.82) is 0 Å². The molecular formula is C22H26F2O3. The Kier molecular flexibility index (Phi) is 6.67. The maximum atomic E-state index is 14.0. The summed E-state index contributed by atoms with van der Waals surface area (Å²) < 4.78 is 44.0. The summed E-state index contributed by atoms with van der Waals surface area (Å²) in [4.78, 5) is 0. The first-order valence-electron chi connectivity index (χ1n) is 9.40. The highest BCUT2D eigenvalue weighted by Gasteiger charge is 2.25. The summed E-state index contributed by atoms with van der Waals surface area (Å²) in [7, 11) is 1.34. The first kappa shape index (κ1) is 19.6. The van der Waals surface area contributed by atoms with Crippen LogP contribution in [-0.2, 0) is 20.8 Å². The Bertz CT molecular complexity index is 726. The van der Waals surface area contributed by atoms with Crippen molar-refractivity contribution in [2.45, 2.75) is 51.2 Å². The smallest absolute Gasteiger partial charge is 0.199 e. The molecule has 1 saturated heterocycles. The van der Waals surface area contributed by atoms with Crippen LogP contribution in [-0.4, -0.2) is 19.8 Å². The van der Waals surface area contributed by atoms with Gasteiger partial charge in [-0.25, -0.2) is 0 Å². The topological polar surface area (TPSA) is 27.7 Å². The second-order valence-corrected chi connectivity index (χ2v) is 6.88. The second kappa shape index (κ2) is 9.18. The van der Waals surface area contributed by atoms with Crippen molar-refractivity contribution in [3.05, 3.63) is 70.7 Å². The van der Waals surface area contributed by atoms with E-state index in [0.717, 1.165) is 25.0 Å². The van der Waals surface area contributed by atoms with Gasteiger partial charge in [0.1, 0.15) is 18.1 Å². The van der Waals surface area contributed by atoms with E-state index in [0.29, 0.717) is 18.8 Å². The fraction of sp³-hybridized carbons (Fsp3) is 0.455. The number of ether oxygens (including phenoxy) is 3. The minimum atomic E-state index is -0.956. The summed E-state index contributed by atoms with van der Waals surface area (Å²) in [6.45, 7) is 2.94. The third kappa shape index (κ3) is 4.78. The number of hydrogen-bond donors (Lipinski definition) is 0. The van der Waals surface area contributed by atoms with Crippen molar-refractivity contribution in [2.75, 3.05) is 13.7 Å². The van der Waals surface area contributed by atoms with E-state index < -0.39 is 11.7 Å². The molecule has 1 aliphatic heterocycles. The highest BCUT2D eigenvalue weighted by molar-refractivity contribution is 5.30. The van der Waals surface area contributed by atoms with Crippen LogP contribution in [0, 0.1) is 0 Å². The number of rotatable bonds is 6. The average Bonchev–Trinajstić information content (AvgIpc) is 2.70. The zero-order valence-electron chi connectivity index (χ0n) is 15.8. The molecule has 2 aliphatic rings. The molecule has 3 nitrogen and oxygen atoms in total. The molecule has 0 N–H and O–H groups in total. The molecule has 0 bridgehead atoms. The van der Waals surface area contributed by atoms with Gasteiger partial charge in [-0.15, -0.1) is 0 Å². The lowest BCUT2D eigenvalue weighted by Gasteiger charge is -2.27. The lowest BCUT2D eigenvalue weighted by Crippen LogP contribution is -2.23. The highest BCUT2D eigenvalue weighted by atomic mass is 19.2. The lowest BCUT2D eigenvalue weighted by molar-refractivity contribution is 0.0326. The van der Waals surface area contributed by atoms with Crippen LogP contribution < -0.4 is 0 Å². The molecule has 0 saturated carbocycles. The zero-order chi connectivity index (χ0) is 19.2. The quantitative estimate of drug-likeness (QED) is 0.584. The number of allylic oxidation sites excluding steroid dienone is 5. The van der Waals surface area contributed by atoms with Crippen molar-refractivity contribution in [3.8, 4) is 0 Å². The molecule has 1 aliphatic carbocycles. The van der Waals surface area contributed by atoms with E-state index >= 15 is 0 Å². The van der Waals surface area contributed by atoms with E-state index in [1.165, 1.54) is 12.7 Å². The third-order valence-corrected chi connectivity index (χ3v) is 5.09. The van der Waals surface area contributed by atoms with Gasteiger partial charge in [-0.05, 0) is 30.9 Å². The van der Waals surface area contributed by atoms with Crippen LogP contribution in [0.4, 0.5) is 8.78 Å². The Morgan fingerprint density at radius 1 is 1.07 bits per heavy atom. The van der Waals surface area contributed by atoms with Crippen LogP contribution in [0.15, 0.2) is 59.6 Å². The Hall–Kier alpha value is -2.14. The van der Waals surface area contributed by atoms with E-state index in [-0.39, 0.29) is 24.2 Å². The van der Waals surface area contributed by atoms with Gasteiger partial charge < -0.3 is 14.2 Å². The average molecular weight is 376 g/mol. The molecule has 1 aromatic rings. The second-order valence-electron chi connectivity index (χ2n) is 6.88. The number of hydrogen-bond acceptors (Lipinski definition) is 3. The van der Waals surface area contributed by atoms with Crippen molar-refractivity contribution in [2.24, 2.45) is 0 Å². The lowest BCUT2D eigenvalue weighted by atomic mass is 9.91. The molecule has 27 heavy (non-hydrogen) atoms. The van der Waals surface area contributed by atoms with E-state index in [1.807, 2.05) is 25.1 Å². The molecule has 0 spiro atoms. The van der Waals surface area contributed by atoms with Gasteiger partial charge in [0, 0.05) is 18.8 Å². The van der Waals surface area contributed by atoms with Crippen LogP contribution in [0.3, 0.4) is 0 Å². The molecule has 2 unspecified atom stereocenters. The van der Waals surface area contributed by atoms with Crippen LogP contribution >= 0.6 is 0 Å². The molecule has 5 heteroatoms. The zero-order valence-corrected chi connectivity index (χ0v) is 15.8. The number of halogens is 2. The molecule has 3 rings (SSSR count). The van der Waals surface area contributed by atoms with Gasteiger partial charge in [0.2, 0.25) is 0 Å². The molecule has 0 amide bonds. The van der Waals surface area contributed by atoms with Crippen molar-refractivity contribution in [1.82, 2.24) is 0 Å². The predicted molar refractivity (Wildman–Crippen MR) is 100 cm³/mol. The van der Waals surface area contributed by atoms with Crippen LogP contribution in [0.25, 0.3) is 0 Å². The van der Waals surface area contributed by atoms with Crippen LogP contribution in [0.2, 0.25) is 0 Å². The van der Waals surface area contributed by atoms with E-state index in [1.54, 1.807) is 0 Å². The largest absolute Gasteiger partial charge is 0.498 e. The van der Waals surface area contributed by atoms with Gasteiger partial charge in [0.25, 0.3) is 0 Å². The summed E-state index contributed by atoms with van der Waals surface area (Å²) in [6.07, 6.45) is 7.08.